The SMILES string of the molecule is [2H]C1([2H])CC2C3CCc4cc(O)ccc4C3CCC2(C)[C@H]1O. The summed E-state index contributed by atoms with van der Waals surface area (Å²) in [4.78, 5) is 0. The van der Waals surface area contributed by atoms with Gasteiger partial charge in [-0.05, 0) is 84.9 Å². The van der Waals surface area contributed by atoms with Gasteiger partial charge in [-0.3, -0.25) is 0 Å². The van der Waals surface area contributed by atoms with Crippen molar-refractivity contribution in [3.63, 3.8) is 0 Å². The van der Waals surface area contributed by atoms with Gasteiger partial charge in [-0.2, -0.15) is 0 Å². The second-order valence-electron chi connectivity index (χ2n) is 7.15. The fourth-order valence-corrected chi connectivity index (χ4v) is 5.11. The Labute approximate surface area is 123 Å². The van der Waals surface area contributed by atoms with Crippen molar-refractivity contribution in [1.82, 2.24) is 0 Å². The normalized spacial score (nSPS) is 46.7. The molecule has 3 aliphatic carbocycles. The van der Waals surface area contributed by atoms with Crippen LogP contribution in [-0.4, -0.2) is 16.3 Å². The second-order valence-corrected chi connectivity index (χ2v) is 7.15. The van der Waals surface area contributed by atoms with Crippen LogP contribution in [0.15, 0.2) is 18.2 Å². The molecule has 2 heteroatoms. The van der Waals surface area contributed by atoms with Crippen molar-refractivity contribution in [2.45, 2.75) is 57.4 Å². The highest BCUT2D eigenvalue weighted by atomic mass is 16.3. The fourth-order valence-electron chi connectivity index (χ4n) is 5.11. The fraction of sp³-hybridized carbons (Fsp3) is 0.667. The number of phenolic OH excluding ortho intramolecular Hbond substituents is 1. The first kappa shape index (κ1) is 10.7. The molecule has 0 heterocycles. The molecular weight excluding hydrogens is 248 g/mol. The number of fused-ring (bicyclic) bond motifs is 5. The Hall–Kier alpha value is -1.02. The zero-order chi connectivity index (χ0) is 15.7. The third kappa shape index (κ3) is 1.60. The summed E-state index contributed by atoms with van der Waals surface area (Å²) in [5.41, 5.74) is 2.32. The van der Waals surface area contributed by atoms with Gasteiger partial charge in [-0.15, -0.1) is 0 Å². The van der Waals surface area contributed by atoms with E-state index in [1.807, 2.05) is 6.07 Å². The number of hydrogen-bond donors (Lipinski definition) is 2. The van der Waals surface area contributed by atoms with Crippen LogP contribution in [0.3, 0.4) is 0 Å². The molecule has 0 bridgehead atoms. The molecule has 1 aromatic rings. The lowest BCUT2D eigenvalue weighted by Gasteiger charge is -2.50. The molecule has 0 radical (unpaired) electrons. The van der Waals surface area contributed by atoms with Gasteiger partial charge in [-0.25, -0.2) is 0 Å². The van der Waals surface area contributed by atoms with Gasteiger partial charge in [-0.1, -0.05) is 13.0 Å². The first-order valence-corrected chi connectivity index (χ1v) is 7.83. The molecule has 1 aromatic carbocycles. The van der Waals surface area contributed by atoms with E-state index in [9.17, 15) is 10.2 Å². The Morgan fingerprint density at radius 2 is 2.15 bits per heavy atom. The van der Waals surface area contributed by atoms with Gasteiger partial charge in [0, 0.05) is 2.74 Å². The minimum Gasteiger partial charge on any atom is -0.508 e. The van der Waals surface area contributed by atoms with Gasteiger partial charge in [0.15, 0.2) is 0 Å². The number of aliphatic hydroxyl groups excluding tert-OH is 1. The van der Waals surface area contributed by atoms with E-state index in [2.05, 4.69) is 13.0 Å². The standard InChI is InChI=1S/C18H24O2/c1-18-9-8-14-13-5-3-12(19)10-11(13)2-4-15(14)16(18)6-7-17(18)20/h3,5,10,14-17,19-20H,2,4,6-9H2,1H3/t14?,15?,16?,17-,18?/m0/s1/i7D2. The molecule has 0 aromatic heterocycles. The zero-order valence-electron chi connectivity index (χ0n) is 14.0. The summed E-state index contributed by atoms with van der Waals surface area (Å²) in [5, 5.41) is 20.2. The van der Waals surface area contributed by atoms with E-state index in [-0.39, 0.29) is 11.3 Å². The Morgan fingerprint density at radius 3 is 3.00 bits per heavy atom. The van der Waals surface area contributed by atoms with Crippen LogP contribution in [0.25, 0.3) is 0 Å². The number of aryl methyl sites for hydroxylation is 1. The van der Waals surface area contributed by atoms with Crippen LogP contribution in [0.1, 0.15) is 58.8 Å². The maximum Gasteiger partial charge on any atom is 0.115 e. The molecule has 3 aliphatic rings. The largest absolute Gasteiger partial charge is 0.508 e. The molecule has 5 atom stereocenters. The van der Waals surface area contributed by atoms with Crippen LogP contribution < -0.4 is 0 Å². The molecule has 2 fully saturated rings. The van der Waals surface area contributed by atoms with Crippen LogP contribution >= 0.6 is 0 Å². The Kier molecular flexibility index (Phi) is 2.26. The third-order valence-corrected chi connectivity index (χ3v) is 6.30. The van der Waals surface area contributed by atoms with Crippen LogP contribution in [0.5, 0.6) is 5.75 Å². The van der Waals surface area contributed by atoms with Crippen LogP contribution in [0.2, 0.25) is 0 Å². The van der Waals surface area contributed by atoms with Gasteiger partial charge in [0.25, 0.3) is 0 Å². The first-order valence-electron chi connectivity index (χ1n) is 8.83. The highest BCUT2D eigenvalue weighted by Crippen LogP contribution is 2.60. The quantitative estimate of drug-likeness (QED) is 0.758. The van der Waals surface area contributed by atoms with E-state index in [0.717, 1.165) is 25.7 Å². The predicted octanol–water partition coefficient (Wildman–Crippen LogP) is 3.61. The molecule has 0 saturated heterocycles. The van der Waals surface area contributed by atoms with Crippen molar-refractivity contribution in [1.29, 1.82) is 0 Å². The number of aliphatic hydroxyl groups is 1. The first-order chi connectivity index (χ1) is 10.3. The lowest BCUT2D eigenvalue weighted by molar-refractivity contribution is -0.0226. The minimum absolute atomic E-state index is 0.262. The molecular formula is C18H24O2. The average molecular weight is 274 g/mol. The monoisotopic (exact) mass is 274 g/mol. The smallest absolute Gasteiger partial charge is 0.115 e. The van der Waals surface area contributed by atoms with Crippen molar-refractivity contribution in [3.8, 4) is 5.75 Å². The van der Waals surface area contributed by atoms with Gasteiger partial charge in [0.1, 0.15) is 5.75 Å². The average Bonchev–Trinajstić information content (AvgIpc) is 2.66. The number of rotatable bonds is 0. The molecule has 108 valence electrons. The summed E-state index contributed by atoms with van der Waals surface area (Å²) in [7, 11) is 0. The summed E-state index contributed by atoms with van der Waals surface area (Å²) in [6.07, 6.45) is 2.10. The van der Waals surface area contributed by atoms with E-state index in [4.69, 9.17) is 2.74 Å². The molecule has 2 nitrogen and oxygen atoms in total. The maximum atomic E-state index is 10.5. The molecule has 4 rings (SSSR count). The Morgan fingerprint density at radius 1 is 1.30 bits per heavy atom. The van der Waals surface area contributed by atoms with Gasteiger partial charge < -0.3 is 10.2 Å². The molecule has 4 unspecified atom stereocenters. The van der Waals surface area contributed by atoms with Crippen LogP contribution in [0, 0.1) is 17.3 Å². The summed E-state index contributed by atoms with van der Waals surface area (Å²) in [6.45, 7) is 2.09. The van der Waals surface area contributed by atoms with E-state index in [0.29, 0.717) is 24.0 Å². The zero-order valence-corrected chi connectivity index (χ0v) is 12.0. The maximum absolute atomic E-state index is 10.5. The molecule has 20 heavy (non-hydrogen) atoms. The predicted molar refractivity (Wildman–Crippen MR) is 78.7 cm³/mol. The number of benzene rings is 1. The molecule has 0 aliphatic heterocycles. The second kappa shape index (κ2) is 4.24. The summed E-state index contributed by atoms with van der Waals surface area (Å²) in [6, 6.07) is 5.73. The van der Waals surface area contributed by atoms with E-state index in [1.54, 1.807) is 6.07 Å². The van der Waals surface area contributed by atoms with E-state index >= 15 is 0 Å². The summed E-state index contributed by atoms with van der Waals surface area (Å²) in [5.74, 6) is 1.52. The number of aromatic hydroxyl groups is 1. The van der Waals surface area contributed by atoms with E-state index < -0.39 is 12.5 Å². The van der Waals surface area contributed by atoms with Crippen LogP contribution in [-0.2, 0) is 6.42 Å². The van der Waals surface area contributed by atoms with Gasteiger partial charge in [0.2, 0.25) is 0 Å². The highest BCUT2D eigenvalue weighted by Gasteiger charge is 2.54. The van der Waals surface area contributed by atoms with Crippen molar-refractivity contribution in [2.75, 3.05) is 0 Å². The van der Waals surface area contributed by atoms with Crippen molar-refractivity contribution < 1.29 is 13.0 Å². The molecule has 0 amide bonds. The molecule has 2 N–H and O–H groups in total. The van der Waals surface area contributed by atoms with Gasteiger partial charge in [0.05, 0.1) is 6.10 Å². The molecule has 2 saturated carbocycles. The van der Waals surface area contributed by atoms with E-state index in [1.165, 1.54) is 11.1 Å². The Balaban J connectivity index is 1.72. The van der Waals surface area contributed by atoms with Crippen molar-refractivity contribution in [2.24, 2.45) is 17.3 Å². The van der Waals surface area contributed by atoms with Gasteiger partial charge >= 0.3 is 0 Å². The van der Waals surface area contributed by atoms with Crippen molar-refractivity contribution >= 4 is 0 Å². The molecule has 0 spiro atoms. The van der Waals surface area contributed by atoms with Crippen LogP contribution in [0.4, 0.5) is 0 Å². The highest BCUT2D eigenvalue weighted by molar-refractivity contribution is 5.40. The third-order valence-electron chi connectivity index (χ3n) is 6.30. The number of phenols is 1. The Bertz CT molecular complexity index is 615. The summed E-state index contributed by atoms with van der Waals surface area (Å²) < 4.78 is 16.4. The lowest BCUT2D eigenvalue weighted by atomic mass is 9.55. The van der Waals surface area contributed by atoms with Crippen molar-refractivity contribution in [3.05, 3.63) is 29.3 Å². The topological polar surface area (TPSA) is 40.5 Å². The number of hydrogen-bond acceptors (Lipinski definition) is 2. The lowest BCUT2D eigenvalue weighted by Crippen LogP contribution is -2.43. The minimum atomic E-state index is -1.45. The summed E-state index contributed by atoms with van der Waals surface area (Å²) >= 11 is 0.